The van der Waals surface area contributed by atoms with Crippen molar-refractivity contribution in [1.82, 2.24) is 15.5 Å². The fraction of sp³-hybridized carbons (Fsp3) is 0.632. The third-order valence-electron chi connectivity index (χ3n) is 5.12. The molecule has 1 aromatic rings. The van der Waals surface area contributed by atoms with Crippen LogP contribution >= 0.6 is 0 Å². The van der Waals surface area contributed by atoms with Crippen molar-refractivity contribution in [3.05, 3.63) is 17.7 Å². The first-order chi connectivity index (χ1) is 13.5. The highest BCUT2D eigenvalue weighted by molar-refractivity contribution is 5.79. The molecule has 2 aliphatic heterocycles. The number of likely N-dealkylation sites (tertiary alicyclic amines) is 1. The molecule has 1 saturated heterocycles. The van der Waals surface area contributed by atoms with Gasteiger partial charge in [-0.3, -0.25) is 4.99 Å². The second-order valence-corrected chi connectivity index (χ2v) is 7.08. The van der Waals surface area contributed by atoms with Crippen molar-refractivity contribution in [2.24, 2.45) is 10.9 Å². The maximum atomic E-state index is 12.7. The lowest BCUT2D eigenvalue weighted by Gasteiger charge is -2.29. The number of ether oxygens (including phenoxy) is 3. The van der Waals surface area contributed by atoms with E-state index in [1.807, 2.05) is 0 Å². The molecular weight excluding hydrogens is 370 g/mol. The highest BCUT2D eigenvalue weighted by Crippen LogP contribution is 2.38. The molecule has 2 heterocycles. The smallest absolute Gasteiger partial charge is 0.387 e. The standard InChI is InChI=1S/C19H28F2N4O3/c1-22-19(23-6-3-13-4-7-25(2)8-5-13)24-11-14-9-16-17(27-12-26-16)10-15(14)28-18(20)21/h9-10,13,18H,3-8,11-12H2,1-2H3,(H2,22,23,24). The molecule has 0 amide bonds. The summed E-state index contributed by atoms with van der Waals surface area (Å²) in [5.74, 6) is 2.33. The second-order valence-electron chi connectivity index (χ2n) is 7.08. The van der Waals surface area contributed by atoms with Crippen LogP contribution in [0.3, 0.4) is 0 Å². The molecule has 7 nitrogen and oxygen atoms in total. The molecule has 156 valence electrons. The SMILES string of the molecule is CN=C(NCCC1CCN(C)CC1)NCc1cc2c(cc1OC(F)F)OCO2. The average molecular weight is 398 g/mol. The van der Waals surface area contributed by atoms with E-state index in [-0.39, 0.29) is 19.1 Å². The van der Waals surface area contributed by atoms with Crippen molar-refractivity contribution in [2.75, 3.05) is 40.5 Å². The third kappa shape index (κ3) is 5.60. The minimum Gasteiger partial charge on any atom is -0.454 e. The number of guanidine groups is 1. The first kappa shape index (κ1) is 20.4. The molecule has 0 saturated carbocycles. The second kappa shape index (κ2) is 9.77. The molecule has 9 heteroatoms. The topological polar surface area (TPSA) is 67.4 Å². The van der Waals surface area contributed by atoms with Gasteiger partial charge in [-0.1, -0.05) is 0 Å². The van der Waals surface area contributed by atoms with Gasteiger partial charge in [0.05, 0.1) is 0 Å². The lowest BCUT2D eigenvalue weighted by molar-refractivity contribution is -0.0505. The molecule has 28 heavy (non-hydrogen) atoms. The molecule has 0 unspecified atom stereocenters. The lowest BCUT2D eigenvalue weighted by Crippen LogP contribution is -2.38. The third-order valence-corrected chi connectivity index (χ3v) is 5.12. The quantitative estimate of drug-likeness (QED) is 0.543. The number of nitrogens with one attached hydrogen (secondary N) is 2. The van der Waals surface area contributed by atoms with Crippen LogP contribution in [-0.4, -0.2) is 58.0 Å². The molecule has 0 radical (unpaired) electrons. The van der Waals surface area contributed by atoms with Crippen molar-refractivity contribution in [1.29, 1.82) is 0 Å². The van der Waals surface area contributed by atoms with E-state index in [1.54, 1.807) is 13.1 Å². The Kier molecular flexibility index (Phi) is 7.13. The van der Waals surface area contributed by atoms with Crippen molar-refractivity contribution in [3.8, 4) is 17.2 Å². The van der Waals surface area contributed by atoms with E-state index >= 15 is 0 Å². The van der Waals surface area contributed by atoms with Gasteiger partial charge in [-0.05, 0) is 51.4 Å². The van der Waals surface area contributed by atoms with E-state index in [1.165, 1.54) is 18.9 Å². The van der Waals surface area contributed by atoms with Crippen LogP contribution in [0.4, 0.5) is 8.78 Å². The Morgan fingerprint density at radius 2 is 1.96 bits per heavy atom. The summed E-state index contributed by atoms with van der Waals surface area (Å²) in [4.78, 5) is 6.56. The number of alkyl halides is 2. The largest absolute Gasteiger partial charge is 0.454 e. The number of fused-ring (bicyclic) bond motifs is 1. The van der Waals surface area contributed by atoms with E-state index in [4.69, 9.17) is 9.47 Å². The number of hydrogen-bond donors (Lipinski definition) is 2. The minimum absolute atomic E-state index is 0.0635. The fourth-order valence-electron chi connectivity index (χ4n) is 3.45. The Hall–Kier alpha value is -2.29. The predicted molar refractivity (Wildman–Crippen MR) is 102 cm³/mol. The van der Waals surface area contributed by atoms with Gasteiger partial charge in [0, 0.05) is 31.8 Å². The van der Waals surface area contributed by atoms with E-state index in [0.29, 0.717) is 23.0 Å². The van der Waals surface area contributed by atoms with Crippen LogP contribution in [0.15, 0.2) is 17.1 Å². The van der Waals surface area contributed by atoms with E-state index in [2.05, 4.69) is 32.3 Å². The zero-order valence-corrected chi connectivity index (χ0v) is 16.3. The Morgan fingerprint density at radius 3 is 2.64 bits per heavy atom. The highest BCUT2D eigenvalue weighted by Gasteiger charge is 2.20. The van der Waals surface area contributed by atoms with Gasteiger partial charge in [-0.25, -0.2) is 0 Å². The van der Waals surface area contributed by atoms with Crippen LogP contribution in [0.5, 0.6) is 17.2 Å². The molecule has 3 rings (SSSR count). The van der Waals surface area contributed by atoms with Crippen LogP contribution in [0.25, 0.3) is 0 Å². The molecular formula is C19H28F2N4O3. The number of nitrogens with zero attached hydrogens (tertiary/aromatic N) is 2. The summed E-state index contributed by atoms with van der Waals surface area (Å²) >= 11 is 0. The van der Waals surface area contributed by atoms with Gasteiger partial charge in [-0.2, -0.15) is 8.78 Å². The van der Waals surface area contributed by atoms with Crippen molar-refractivity contribution >= 4 is 5.96 Å². The van der Waals surface area contributed by atoms with Gasteiger partial charge in [-0.15, -0.1) is 0 Å². The molecule has 0 aromatic heterocycles. The number of aliphatic imine (C=N–C) groups is 1. The van der Waals surface area contributed by atoms with E-state index in [0.717, 1.165) is 32.0 Å². The number of piperidine rings is 1. The zero-order chi connectivity index (χ0) is 19.9. The van der Waals surface area contributed by atoms with Gasteiger partial charge < -0.3 is 29.7 Å². The first-order valence-corrected chi connectivity index (χ1v) is 9.55. The van der Waals surface area contributed by atoms with Gasteiger partial charge in [0.25, 0.3) is 0 Å². The molecule has 0 bridgehead atoms. The van der Waals surface area contributed by atoms with Gasteiger partial charge in [0.2, 0.25) is 6.79 Å². The molecule has 0 aliphatic carbocycles. The van der Waals surface area contributed by atoms with Crippen LogP contribution in [0, 0.1) is 5.92 Å². The number of benzene rings is 1. The van der Waals surface area contributed by atoms with E-state index < -0.39 is 6.61 Å². The number of hydrogen-bond acceptors (Lipinski definition) is 5. The Morgan fingerprint density at radius 1 is 1.25 bits per heavy atom. The summed E-state index contributed by atoms with van der Waals surface area (Å²) < 4.78 is 40.7. The molecule has 1 fully saturated rings. The zero-order valence-electron chi connectivity index (χ0n) is 16.3. The highest BCUT2D eigenvalue weighted by atomic mass is 19.3. The molecule has 2 aliphatic rings. The maximum absolute atomic E-state index is 12.7. The fourth-order valence-corrected chi connectivity index (χ4v) is 3.45. The summed E-state index contributed by atoms with van der Waals surface area (Å²) in [6.07, 6.45) is 3.52. The van der Waals surface area contributed by atoms with Crippen LogP contribution in [0.1, 0.15) is 24.8 Å². The normalized spacial score (nSPS) is 17.8. The molecule has 1 aromatic carbocycles. The minimum atomic E-state index is -2.91. The summed E-state index contributed by atoms with van der Waals surface area (Å²) in [5, 5.41) is 6.44. The van der Waals surface area contributed by atoms with Gasteiger partial charge in [0.1, 0.15) is 5.75 Å². The van der Waals surface area contributed by atoms with Gasteiger partial charge in [0.15, 0.2) is 17.5 Å². The Balaban J connectivity index is 1.51. The van der Waals surface area contributed by atoms with Crippen molar-refractivity contribution in [3.63, 3.8) is 0 Å². The van der Waals surface area contributed by atoms with Crippen LogP contribution in [-0.2, 0) is 6.54 Å². The van der Waals surface area contributed by atoms with Gasteiger partial charge >= 0.3 is 6.61 Å². The number of rotatable bonds is 7. The average Bonchev–Trinajstić information content (AvgIpc) is 3.12. The molecule has 0 atom stereocenters. The molecule has 0 spiro atoms. The summed E-state index contributed by atoms with van der Waals surface area (Å²) in [6.45, 7) is 0.539. The Labute approximate surface area is 164 Å². The van der Waals surface area contributed by atoms with Crippen LogP contribution < -0.4 is 24.8 Å². The monoisotopic (exact) mass is 398 g/mol. The van der Waals surface area contributed by atoms with Crippen LogP contribution in [0.2, 0.25) is 0 Å². The summed E-state index contributed by atoms with van der Waals surface area (Å²) in [5.41, 5.74) is 0.544. The predicted octanol–water partition coefficient (Wildman–Crippen LogP) is 2.41. The first-order valence-electron chi connectivity index (χ1n) is 9.55. The van der Waals surface area contributed by atoms with Crippen molar-refractivity contribution < 1.29 is 23.0 Å². The summed E-state index contributed by atoms with van der Waals surface area (Å²) in [7, 11) is 3.84. The molecule has 2 N–H and O–H groups in total. The van der Waals surface area contributed by atoms with Crippen molar-refractivity contribution in [2.45, 2.75) is 32.4 Å². The summed E-state index contributed by atoms with van der Waals surface area (Å²) in [6, 6.07) is 3.08. The maximum Gasteiger partial charge on any atom is 0.387 e. The van der Waals surface area contributed by atoms with E-state index in [9.17, 15) is 8.78 Å². The number of halogens is 2. The lowest BCUT2D eigenvalue weighted by atomic mass is 9.94. The Bertz CT molecular complexity index is 679.